The molecule has 1 aromatic carbocycles. The summed E-state index contributed by atoms with van der Waals surface area (Å²) in [5.74, 6) is -0.285. The summed E-state index contributed by atoms with van der Waals surface area (Å²) in [6.45, 7) is 1.76. The van der Waals surface area contributed by atoms with Gasteiger partial charge in [0.1, 0.15) is 6.04 Å². The molecule has 1 aromatic heterocycles. The van der Waals surface area contributed by atoms with Gasteiger partial charge in [0.05, 0.1) is 18.8 Å². The molecule has 1 unspecified atom stereocenters. The van der Waals surface area contributed by atoms with E-state index in [0.29, 0.717) is 0 Å². The van der Waals surface area contributed by atoms with Crippen LogP contribution in [0.3, 0.4) is 0 Å². The molecule has 2 rings (SSSR count). The number of aromatic amines is 1. The molecule has 0 amide bonds. The van der Waals surface area contributed by atoms with Crippen LogP contribution >= 0.6 is 0 Å². The number of rotatable bonds is 3. The molecule has 0 radical (unpaired) electrons. The molecule has 0 aliphatic rings. The first-order chi connectivity index (χ1) is 7.70. The van der Waals surface area contributed by atoms with E-state index in [2.05, 4.69) is 20.3 Å². The maximum atomic E-state index is 11.2. The third-order valence-electron chi connectivity index (χ3n) is 2.38. The molecule has 0 saturated heterocycles. The first kappa shape index (κ1) is 10.5. The largest absolute Gasteiger partial charge is 0.467 e. The molecule has 0 spiro atoms. The summed E-state index contributed by atoms with van der Waals surface area (Å²) in [6, 6.07) is 5.36. The smallest absolute Gasteiger partial charge is 0.327 e. The van der Waals surface area contributed by atoms with E-state index in [1.807, 2.05) is 18.2 Å². The molecular weight excluding hydrogens is 206 g/mol. The fourth-order valence-corrected chi connectivity index (χ4v) is 1.52. The zero-order valence-corrected chi connectivity index (χ0v) is 9.15. The van der Waals surface area contributed by atoms with Gasteiger partial charge in [-0.25, -0.2) is 4.79 Å². The molecule has 0 aliphatic carbocycles. The van der Waals surface area contributed by atoms with Crippen LogP contribution in [0.4, 0.5) is 5.69 Å². The molecule has 0 fully saturated rings. The molecule has 0 aliphatic heterocycles. The minimum Gasteiger partial charge on any atom is -0.467 e. The van der Waals surface area contributed by atoms with Gasteiger partial charge in [-0.3, -0.25) is 5.10 Å². The number of methoxy groups -OCH3 is 1. The Morgan fingerprint density at radius 1 is 1.56 bits per heavy atom. The number of anilines is 1. The van der Waals surface area contributed by atoms with Crippen molar-refractivity contribution in [3.63, 3.8) is 0 Å². The molecule has 1 atom stereocenters. The normalized spacial score (nSPS) is 12.4. The summed E-state index contributed by atoms with van der Waals surface area (Å²) >= 11 is 0. The summed E-state index contributed by atoms with van der Waals surface area (Å²) in [4.78, 5) is 11.2. The van der Waals surface area contributed by atoms with Crippen molar-refractivity contribution in [2.45, 2.75) is 13.0 Å². The number of ether oxygens (including phenoxy) is 1. The number of esters is 1. The molecule has 5 nitrogen and oxygen atoms in total. The van der Waals surface area contributed by atoms with Crippen LogP contribution in [-0.2, 0) is 9.53 Å². The highest BCUT2D eigenvalue weighted by molar-refractivity contribution is 5.84. The average molecular weight is 219 g/mol. The molecule has 0 saturated carbocycles. The van der Waals surface area contributed by atoms with Crippen LogP contribution in [-0.4, -0.2) is 29.3 Å². The van der Waals surface area contributed by atoms with Gasteiger partial charge in [0, 0.05) is 11.1 Å². The maximum Gasteiger partial charge on any atom is 0.327 e. The molecule has 0 bridgehead atoms. The van der Waals surface area contributed by atoms with Crippen molar-refractivity contribution < 1.29 is 9.53 Å². The van der Waals surface area contributed by atoms with Crippen LogP contribution in [0.5, 0.6) is 0 Å². The number of fused-ring (bicyclic) bond motifs is 1. The van der Waals surface area contributed by atoms with Gasteiger partial charge in [-0.05, 0) is 25.1 Å². The predicted molar refractivity (Wildman–Crippen MR) is 61.2 cm³/mol. The molecule has 16 heavy (non-hydrogen) atoms. The number of hydrogen-bond acceptors (Lipinski definition) is 4. The second-order valence-electron chi connectivity index (χ2n) is 3.56. The Hall–Kier alpha value is -2.04. The molecule has 2 aromatic rings. The average Bonchev–Trinajstić information content (AvgIpc) is 2.75. The van der Waals surface area contributed by atoms with E-state index in [1.165, 1.54) is 7.11 Å². The van der Waals surface area contributed by atoms with E-state index in [0.717, 1.165) is 16.6 Å². The van der Waals surface area contributed by atoms with Crippen molar-refractivity contribution in [1.29, 1.82) is 0 Å². The highest BCUT2D eigenvalue weighted by Crippen LogP contribution is 2.17. The Bertz CT molecular complexity index is 507. The minimum absolute atomic E-state index is 0.285. The van der Waals surface area contributed by atoms with Gasteiger partial charge in [0.15, 0.2) is 0 Å². The van der Waals surface area contributed by atoms with Crippen LogP contribution in [0, 0.1) is 0 Å². The Kier molecular flexibility index (Phi) is 2.76. The first-order valence-electron chi connectivity index (χ1n) is 4.98. The number of aromatic nitrogens is 2. The van der Waals surface area contributed by atoms with E-state index in [4.69, 9.17) is 0 Å². The number of nitrogens with zero attached hydrogens (tertiary/aromatic N) is 1. The first-order valence-corrected chi connectivity index (χ1v) is 4.98. The fraction of sp³-hybridized carbons (Fsp3) is 0.273. The van der Waals surface area contributed by atoms with Crippen molar-refractivity contribution in [3.8, 4) is 0 Å². The molecule has 2 N–H and O–H groups in total. The molecule has 1 heterocycles. The Morgan fingerprint density at radius 2 is 2.38 bits per heavy atom. The summed E-state index contributed by atoms with van der Waals surface area (Å²) in [5, 5.41) is 10.9. The number of nitrogens with one attached hydrogen (secondary N) is 2. The fourth-order valence-electron chi connectivity index (χ4n) is 1.52. The number of carbonyl (C=O) groups excluding carboxylic acids is 1. The second-order valence-corrected chi connectivity index (χ2v) is 3.56. The van der Waals surface area contributed by atoms with E-state index >= 15 is 0 Å². The Morgan fingerprint density at radius 3 is 3.12 bits per heavy atom. The van der Waals surface area contributed by atoms with Gasteiger partial charge in [0.2, 0.25) is 0 Å². The highest BCUT2D eigenvalue weighted by Gasteiger charge is 2.12. The summed E-state index contributed by atoms with van der Waals surface area (Å²) in [6.07, 6.45) is 1.74. The van der Waals surface area contributed by atoms with Gasteiger partial charge in [-0.15, -0.1) is 0 Å². The lowest BCUT2D eigenvalue weighted by Crippen LogP contribution is -2.27. The van der Waals surface area contributed by atoms with Crippen molar-refractivity contribution in [2.75, 3.05) is 12.4 Å². The number of carbonyl (C=O) groups is 1. The van der Waals surface area contributed by atoms with Crippen LogP contribution in [0.1, 0.15) is 6.92 Å². The minimum atomic E-state index is -0.366. The van der Waals surface area contributed by atoms with Gasteiger partial charge < -0.3 is 10.1 Å². The van der Waals surface area contributed by atoms with Crippen molar-refractivity contribution in [3.05, 3.63) is 24.4 Å². The molecular formula is C11H13N3O2. The quantitative estimate of drug-likeness (QED) is 0.768. The van der Waals surface area contributed by atoms with Crippen LogP contribution < -0.4 is 5.32 Å². The monoisotopic (exact) mass is 219 g/mol. The molecule has 5 heteroatoms. The van der Waals surface area contributed by atoms with E-state index in [-0.39, 0.29) is 12.0 Å². The van der Waals surface area contributed by atoms with Crippen LogP contribution in [0.15, 0.2) is 24.4 Å². The Balaban J connectivity index is 2.17. The van der Waals surface area contributed by atoms with E-state index in [9.17, 15) is 4.79 Å². The van der Waals surface area contributed by atoms with Gasteiger partial charge in [-0.2, -0.15) is 5.10 Å². The van der Waals surface area contributed by atoms with E-state index < -0.39 is 0 Å². The second kappa shape index (κ2) is 4.22. The lowest BCUT2D eigenvalue weighted by Gasteiger charge is -2.12. The maximum absolute atomic E-state index is 11.2. The standard InChI is InChI=1S/C11H13N3O2/c1-7(11(15)16-2)13-9-3-4-10-8(5-9)6-12-14-10/h3-7,13H,1-2H3,(H,12,14). The summed E-state index contributed by atoms with van der Waals surface area (Å²) in [5.41, 5.74) is 1.84. The SMILES string of the molecule is COC(=O)C(C)Nc1ccc2[nH]ncc2c1. The summed E-state index contributed by atoms with van der Waals surface area (Å²) < 4.78 is 4.64. The summed E-state index contributed by atoms with van der Waals surface area (Å²) in [7, 11) is 1.37. The predicted octanol–water partition coefficient (Wildman–Crippen LogP) is 1.54. The third kappa shape index (κ3) is 1.98. The Labute approximate surface area is 92.8 Å². The van der Waals surface area contributed by atoms with Crippen molar-refractivity contribution >= 4 is 22.6 Å². The third-order valence-corrected chi connectivity index (χ3v) is 2.38. The number of hydrogen-bond donors (Lipinski definition) is 2. The van der Waals surface area contributed by atoms with Gasteiger partial charge in [0.25, 0.3) is 0 Å². The highest BCUT2D eigenvalue weighted by atomic mass is 16.5. The lowest BCUT2D eigenvalue weighted by atomic mass is 10.2. The zero-order valence-electron chi connectivity index (χ0n) is 9.15. The number of benzene rings is 1. The lowest BCUT2D eigenvalue weighted by molar-refractivity contribution is -0.141. The van der Waals surface area contributed by atoms with Gasteiger partial charge >= 0.3 is 5.97 Å². The topological polar surface area (TPSA) is 67.0 Å². The number of H-pyrrole nitrogens is 1. The molecule has 84 valence electrons. The van der Waals surface area contributed by atoms with Crippen LogP contribution in [0.25, 0.3) is 10.9 Å². The van der Waals surface area contributed by atoms with Crippen molar-refractivity contribution in [2.24, 2.45) is 0 Å². The van der Waals surface area contributed by atoms with Crippen LogP contribution in [0.2, 0.25) is 0 Å². The zero-order chi connectivity index (χ0) is 11.5. The van der Waals surface area contributed by atoms with Gasteiger partial charge in [-0.1, -0.05) is 0 Å². The van der Waals surface area contributed by atoms with E-state index in [1.54, 1.807) is 13.1 Å². The van der Waals surface area contributed by atoms with Crippen molar-refractivity contribution in [1.82, 2.24) is 10.2 Å².